The van der Waals surface area contributed by atoms with Gasteiger partial charge in [0, 0.05) is 5.54 Å². The normalized spacial score (nSPS) is 28.9. The zero-order chi connectivity index (χ0) is 8.77. The van der Waals surface area contributed by atoms with Crippen LogP contribution < -0.4 is 0 Å². The average Bonchev–Trinajstić information content (AvgIpc) is 2.60. The smallest absolute Gasteiger partial charge is 0.212 e. The second-order valence-electron chi connectivity index (χ2n) is 3.97. The summed E-state index contributed by atoms with van der Waals surface area (Å²) in [6, 6.07) is 3.80. The molecule has 2 rings (SSSR count). The van der Waals surface area contributed by atoms with E-state index in [9.17, 15) is 0 Å². The summed E-state index contributed by atoms with van der Waals surface area (Å²) >= 11 is 0. The highest BCUT2D eigenvalue weighted by Crippen LogP contribution is 2.43. The number of nitrogens with zero attached hydrogens (tertiary/aromatic N) is 1. The predicted octanol–water partition coefficient (Wildman–Crippen LogP) is 2.32. The van der Waals surface area contributed by atoms with Crippen molar-refractivity contribution in [3.8, 4) is 0 Å². The molecule has 1 aliphatic rings. The molecule has 0 spiro atoms. The van der Waals surface area contributed by atoms with Crippen LogP contribution >= 0.6 is 0 Å². The molecule has 2 heterocycles. The average molecular weight is 167 g/mol. The van der Waals surface area contributed by atoms with Gasteiger partial charge >= 0.3 is 0 Å². The van der Waals surface area contributed by atoms with Crippen LogP contribution in [0.3, 0.4) is 0 Å². The van der Waals surface area contributed by atoms with Gasteiger partial charge in [0.15, 0.2) is 5.76 Å². The number of rotatable bonds is 1. The molecular weight excluding hydrogens is 154 g/mol. The Kier molecular flexibility index (Phi) is 1.53. The molecule has 1 saturated heterocycles. The molecule has 0 aliphatic carbocycles. The fraction of sp³-hybridized carbons (Fsp3) is 0.556. The Morgan fingerprint density at radius 2 is 2.17 bits per heavy atom. The monoisotopic (exact) mass is 167 g/mol. The van der Waals surface area contributed by atoms with Gasteiger partial charge in [0.2, 0.25) is 6.23 Å². The molecule has 2 atom stereocenters. The van der Waals surface area contributed by atoms with E-state index in [4.69, 9.17) is 9.25 Å². The first-order valence-corrected chi connectivity index (χ1v) is 4.08. The van der Waals surface area contributed by atoms with E-state index >= 15 is 0 Å². The van der Waals surface area contributed by atoms with E-state index in [-0.39, 0.29) is 11.8 Å². The van der Waals surface area contributed by atoms with E-state index in [1.54, 1.807) is 6.26 Å². The maximum atomic E-state index is 5.37. The Bertz CT molecular complexity index is 261. The minimum Gasteiger partial charge on any atom is -0.465 e. The van der Waals surface area contributed by atoms with Crippen LogP contribution in [0.5, 0.6) is 0 Å². The molecule has 12 heavy (non-hydrogen) atoms. The van der Waals surface area contributed by atoms with E-state index < -0.39 is 0 Å². The van der Waals surface area contributed by atoms with E-state index in [1.165, 1.54) is 0 Å². The van der Waals surface area contributed by atoms with Crippen LogP contribution in [0.25, 0.3) is 0 Å². The van der Waals surface area contributed by atoms with Crippen molar-refractivity contribution in [1.29, 1.82) is 0 Å². The molecule has 0 saturated carbocycles. The molecule has 3 nitrogen and oxygen atoms in total. The topological polar surface area (TPSA) is 28.7 Å². The lowest BCUT2D eigenvalue weighted by atomic mass is 10.1. The molecule has 66 valence electrons. The minimum atomic E-state index is 0.0278. The lowest BCUT2D eigenvalue weighted by molar-refractivity contribution is 0.101. The maximum Gasteiger partial charge on any atom is 0.212 e. The first kappa shape index (κ1) is 7.83. The Morgan fingerprint density at radius 1 is 1.42 bits per heavy atom. The molecule has 1 aromatic heterocycles. The van der Waals surface area contributed by atoms with Gasteiger partial charge in [0.25, 0.3) is 0 Å². The number of hydrogen-bond acceptors (Lipinski definition) is 3. The van der Waals surface area contributed by atoms with Gasteiger partial charge in [0.05, 0.1) is 6.26 Å². The lowest BCUT2D eigenvalue weighted by Crippen LogP contribution is -2.25. The van der Waals surface area contributed by atoms with Gasteiger partial charge in [0.1, 0.15) is 0 Å². The summed E-state index contributed by atoms with van der Waals surface area (Å²) in [6.07, 6.45) is 1.69. The summed E-state index contributed by atoms with van der Waals surface area (Å²) < 4.78 is 5.22. The SMILES string of the molecule is CC(C)(C)N1O[C@H]1c1ccco1. The summed E-state index contributed by atoms with van der Waals surface area (Å²) in [5, 5.41) is 1.92. The second-order valence-corrected chi connectivity index (χ2v) is 3.97. The summed E-state index contributed by atoms with van der Waals surface area (Å²) in [5.74, 6) is 0.880. The Morgan fingerprint density at radius 3 is 2.58 bits per heavy atom. The Balaban J connectivity index is 2.06. The highest BCUT2D eigenvalue weighted by atomic mass is 16.8. The first-order valence-electron chi connectivity index (χ1n) is 4.08. The van der Waals surface area contributed by atoms with Gasteiger partial charge < -0.3 is 4.42 Å². The van der Waals surface area contributed by atoms with Gasteiger partial charge in [-0.05, 0) is 32.9 Å². The largest absolute Gasteiger partial charge is 0.465 e. The minimum absolute atomic E-state index is 0.0278. The third kappa shape index (κ3) is 1.26. The summed E-state index contributed by atoms with van der Waals surface area (Å²) in [6.45, 7) is 6.32. The number of hydrogen-bond donors (Lipinski definition) is 0. The molecule has 0 aromatic carbocycles. The number of hydroxylamine groups is 2. The highest BCUT2D eigenvalue weighted by Gasteiger charge is 2.47. The standard InChI is InChI=1S/C9H13NO2/c1-9(2,3)10-8(12-10)7-5-4-6-11-7/h4-6,8H,1-3H3/t8-,10?/m0/s1. The molecule has 1 aromatic rings. The van der Waals surface area contributed by atoms with Crippen LogP contribution in [0, 0.1) is 0 Å². The summed E-state index contributed by atoms with van der Waals surface area (Å²) in [7, 11) is 0. The van der Waals surface area contributed by atoms with E-state index in [1.807, 2.05) is 17.2 Å². The third-order valence-electron chi connectivity index (χ3n) is 1.83. The Labute approximate surface area is 71.9 Å². The Hall–Kier alpha value is -0.800. The molecule has 0 amide bonds. The van der Waals surface area contributed by atoms with Crippen molar-refractivity contribution < 1.29 is 9.25 Å². The molecule has 1 fully saturated rings. The van der Waals surface area contributed by atoms with Gasteiger partial charge in [-0.1, -0.05) is 0 Å². The van der Waals surface area contributed by atoms with Gasteiger partial charge in [-0.3, -0.25) is 4.84 Å². The maximum absolute atomic E-state index is 5.37. The van der Waals surface area contributed by atoms with Gasteiger partial charge in [-0.2, -0.15) is 0 Å². The molecule has 0 bridgehead atoms. The van der Waals surface area contributed by atoms with Crippen LogP contribution in [0.4, 0.5) is 0 Å². The van der Waals surface area contributed by atoms with Crippen LogP contribution in [-0.4, -0.2) is 10.6 Å². The summed E-state index contributed by atoms with van der Waals surface area (Å²) in [5.41, 5.74) is 0.0530. The van der Waals surface area contributed by atoms with Gasteiger partial charge in [-0.25, -0.2) is 0 Å². The van der Waals surface area contributed by atoms with Crippen molar-refractivity contribution in [2.24, 2.45) is 0 Å². The molecule has 3 heteroatoms. The van der Waals surface area contributed by atoms with Crippen molar-refractivity contribution in [3.05, 3.63) is 24.2 Å². The van der Waals surface area contributed by atoms with Crippen molar-refractivity contribution in [1.82, 2.24) is 5.06 Å². The zero-order valence-corrected chi connectivity index (χ0v) is 7.57. The predicted molar refractivity (Wildman–Crippen MR) is 44.1 cm³/mol. The van der Waals surface area contributed by atoms with Crippen LogP contribution in [0.2, 0.25) is 0 Å². The fourth-order valence-corrected chi connectivity index (χ4v) is 1.19. The summed E-state index contributed by atoms with van der Waals surface area (Å²) in [4.78, 5) is 5.37. The van der Waals surface area contributed by atoms with E-state index in [0.717, 1.165) is 5.76 Å². The van der Waals surface area contributed by atoms with Crippen LogP contribution in [0.1, 0.15) is 32.8 Å². The first-order chi connectivity index (χ1) is 5.59. The zero-order valence-electron chi connectivity index (χ0n) is 7.57. The van der Waals surface area contributed by atoms with E-state index in [0.29, 0.717) is 0 Å². The van der Waals surface area contributed by atoms with Crippen molar-refractivity contribution in [2.45, 2.75) is 32.5 Å². The lowest BCUT2D eigenvalue weighted by Gasteiger charge is -2.15. The molecule has 1 unspecified atom stereocenters. The highest BCUT2D eigenvalue weighted by molar-refractivity contribution is 5.05. The van der Waals surface area contributed by atoms with Crippen molar-refractivity contribution >= 4 is 0 Å². The van der Waals surface area contributed by atoms with Crippen LogP contribution in [0.15, 0.2) is 22.8 Å². The second kappa shape index (κ2) is 2.34. The molecule has 0 radical (unpaired) electrons. The fourth-order valence-electron chi connectivity index (χ4n) is 1.19. The van der Waals surface area contributed by atoms with Crippen molar-refractivity contribution in [2.75, 3.05) is 0 Å². The van der Waals surface area contributed by atoms with Crippen LogP contribution in [-0.2, 0) is 4.84 Å². The molecule has 0 N–H and O–H groups in total. The third-order valence-corrected chi connectivity index (χ3v) is 1.83. The number of furan rings is 1. The van der Waals surface area contributed by atoms with Crippen molar-refractivity contribution in [3.63, 3.8) is 0 Å². The van der Waals surface area contributed by atoms with Gasteiger partial charge in [-0.15, -0.1) is 5.06 Å². The quantitative estimate of drug-likeness (QED) is 0.601. The molecular formula is C9H13NO2. The van der Waals surface area contributed by atoms with E-state index in [2.05, 4.69) is 20.8 Å². The molecule has 1 aliphatic heterocycles.